The van der Waals surface area contributed by atoms with E-state index < -0.39 is 41.4 Å². The molecule has 0 aliphatic rings. The number of imide groups is 1. The van der Waals surface area contributed by atoms with E-state index in [1.54, 1.807) is 20.8 Å². The smallest absolute Gasteiger partial charge is 0.419 e. The molecule has 9 nitrogen and oxygen atoms in total. The van der Waals surface area contributed by atoms with Gasteiger partial charge >= 0.3 is 12.1 Å². The highest BCUT2D eigenvalue weighted by molar-refractivity contribution is 5.99. The van der Waals surface area contributed by atoms with E-state index in [2.05, 4.69) is 0 Å². The van der Waals surface area contributed by atoms with Crippen LogP contribution in [-0.4, -0.2) is 63.2 Å². The number of aliphatic carboxylic acids is 1. The van der Waals surface area contributed by atoms with Crippen molar-refractivity contribution in [1.29, 1.82) is 0 Å². The van der Waals surface area contributed by atoms with Crippen LogP contribution in [0.5, 0.6) is 0 Å². The highest BCUT2D eigenvalue weighted by Gasteiger charge is 2.61. The van der Waals surface area contributed by atoms with E-state index in [9.17, 15) is 24.6 Å². The fraction of sp³-hybridized carbons (Fsp3) is 0.625. The van der Waals surface area contributed by atoms with Crippen LogP contribution in [0.2, 0.25) is 0 Å². The molecular weight excluding hydrogens is 428 g/mol. The van der Waals surface area contributed by atoms with Crippen molar-refractivity contribution in [2.24, 2.45) is 5.73 Å². The lowest BCUT2D eigenvalue weighted by atomic mass is 9.87. The van der Waals surface area contributed by atoms with E-state index in [1.807, 2.05) is 37.3 Å². The molecule has 0 aliphatic carbocycles. The standard InChI is InChI=1S/C24H38N2O7/c1-6-7-11-16-32-23(5,17-27)24(25,20(29)30)26(21(31)33-22(2,3)4)19(28)15-14-18-12-9-8-10-13-18/h8-10,12-13,27H,6-7,11,14-17,25H2,1-5H3,(H,29,30)/t23-,24-/m1/s1. The van der Waals surface area contributed by atoms with Gasteiger partial charge in [-0.3, -0.25) is 10.5 Å². The molecule has 0 aliphatic heterocycles. The molecule has 0 unspecified atom stereocenters. The molecule has 33 heavy (non-hydrogen) atoms. The molecule has 0 aromatic heterocycles. The Hall–Kier alpha value is -2.49. The number of aryl methyl sites for hydroxylation is 1. The molecule has 2 atom stereocenters. The van der Waals surface area contributed by atoms with Crippen LogP contribution in [0.3, 0.4) is 0 Å². The van der Waals surface area contributed by atoms with Crippen LogP contribution < -0.4 is 5.73 Å². The molecule has 0 heterocycles. The second kappa shape index (κ2) is 12.1. The summed E-state index contributed by atoms with van der Waals surface area (Å²) in [5.74, 6) is -2.55. The van der Waals surface area contributed by atoms with E-state index >= 15 is 0 Å². The second-order valence-corrected chi connectivity index (χ2v) is 9.21. The molecule has 1 rings (SSSR count). The third-order valence-corrected chi connectivity index (χ3v) is 5.25. The number of nitrogens with zero attached hydrogens (tertiary/aromatic N) is 1. The molecule has 0 saturated carbocycles. The summed E-state index contributed by atoms with van der Waals surface area (Å²) in [6.07, 6.45) is 1.14. The first kappa shape index (κ1) is 28.5. The van der Waals surface area contributed by atoms with E-state index in [4.69, 9.17) is 15.2 Å². The van der Waals surface area contributed by atoms with Crippen molar-refractivity contribution < 1.29 is 34.1 Å². The fourth-order valence-corrected chi connectivity index (χ4v) is 3.24. The number of unbranched alkanes of at least 4 members (excludes halogenated alkanes) is 2. The molecular formula is C24H38N2O7. The number of nitrogens with two attached hydrogens (primary N) is 1. The number of aliphatic hydroxyl groups excluding tert-OH is 1. The van der Waals surface area contributed by atoms with Crippen molar-refractivity contribution in [1.82, 2.24) is 4.90 Å². The maximum Gasteiger partial charge on any atom is 0.419 e. The third kappa shape index (κ3) is 7.52. The van der Waals surface area contributed by atoms with E-state index in [0.29, 0.717) is 11.3 Å². The highest BCUT2D eigenvalue weighted by Crippen LogP contribution is 2.31. The molecule has 0 fully saturated rings. The maximum absolute atomic E-state index is 13.3. The van der Waals surface area contributed by atoms with Crippen molar-refractivity contribution in [3.8, 4) is 0 Å². The Morgan fingerprint density at radius 3 is 2.15 bits per heavy atom. The summed E-state index contributed by atoms with van der Waals surface area (Å²) in [4.78, 5) is 39.3. The first-order valence-electron chi connectivity index (χ1n) is 11.2. The molecule has 1 aromatic carbocycles. The maximum atomic E-state index is 13.3. The van der Waals surface area contributed by atoms with Crippen LogP contribution in [0.15, 0.2) is 30.3 Å². The van der Waals surface area contributed by atoms with Crippen molar-refractivity contribution in [2.75, 3.05) is 13.2 Å². The first-order valence-corrected chi connectivity index (χ1v) is 11.2. The summed E-state index contributed by atoms with van der Waals surface area (Å²) >= 11 is 0. The summed E-state index contributed by atoms with van der Waals surface area (Å²) in [5.41, 5.74) is 1.41. The topological polar surface area (TPSA) is 139 Å². The number of hydrogen-bond acceptors (Lipinski definition) is 7. The van der Waals surface area contributed by atoms with Crippen LogP contribution in [0, 0.1) is 0 Å². The number of amides is 2. The van der Waals surface area contributed by atoms with Gasteiger partial charge in [0.05, 0.1) is 6.61 Å². The predicted octanol–water partition coefficient (Wildman–Crippen LogP) is 3.08. The van der Waals surface area contributed by atoms with E-state index in [1.165, 1.54) is 6.92 Å². The Bertz CT molecular complexity index is 794. The number of carboxylic acids is 1. The van der Waals surface area contributed by atoms with Crippen LogP contribution in [0.4, 0.5) is 4.79 Å². The number of aliphatic hydroxyl groups is 1. The Labute approximate surface area is 195 Å². The Balaban J connectivity index is 3.39. The summed E-state index contributed by atoms with van der Waals surface area (Å²) in [5, 5.41) is 20.3. The van der Waals surface area contributed by atoms with E-state index in [0.717, 1.165) is 18.4 Å². The highest BCUT2D eigenvalue weighted by atomic mass is 16.6. The van der Waals surface area contributed by atoms with Gasteiger partial charge in [0.2, 0.25) is 11.6 Å². The van der Waals surface area contributed by atoms with Gasteiger partial charge < -0.3 is 19.7 Å². The van der Waals surface area contributed by atoms with Gasteiger partial charge in [-0.2, -0.15) is 0 Å². The molecule has 2 amide bonds. The Morgan fingerprint density at radius 2 is 1.67 bits per heavy atom. The van der Waals surface area contributed by atoms with Gasteiger partial charge in [-0.1, -0.05) is 50.1 Å². The van der Waals surface area contributed by atoms with Crippen molar-refractivity contribution >= 4 is 18.0 Å². The van der Waals surface area contributed by atoms with Crippen LogP contribution in [-0.2, 0) is 25.5 Å². The molecule has 0 spiro atoms. The lowest BCUT2D eigenvalue weighted by molar-refractivity contribution is -0.194. The number of carbonyl (C=O) groups excluding carboxylic acids is 2. The second-order valence-electron chi connectivity index (χ2n) is 9.21. The molecule has 4 N–H and O–H groups in total. The zero-order valence-electron chi connectivity index (χ0n) is 20.3. The largest absolute Gasteiger partial charge is 0.478 e. The van der Waals surface area contributed by atoms with Gasteiger partial charge in [0, 0.05) is 13.0 Å². The SMILES string of the molecule is CCCCCO[C@](C)(CO)[C@@](N)(C(=O)O)N(C(=O)CCc1ccccc1)C(=O)OC(C)(C)C. The lowest BCUT2D eigenvalue weighted by Gasteiger charge is -2.46. The van der Waals surface area contributed by atoms with Gasteiger partial charge in [-0.15, -0.1) is 0 Å². The van der Waals surface area contributed by atoms with Gasteiger partial charge in [-0.25, -0.2) is 14.5 Å². The Morgan fingerprint density at radius 1 is 1.06 bits per heavy atom. The summed E-state index contributed by atoms with van der Waals surface area (Å²) in [7, 11) is 0. The van der Waals surface area contributed by atoms with Crippen LogP contribution in [0.25, 0.3) is 0 Å². The molecule has 9 heteroatoms. The first-order chi connectivity index (χ1) is 15.3. The number of carbonyl (C=O) groups is 3. The minimum absolute atomic E-state index is 0.0947. The zero-order chi connectivity index (χ0) is 25.3. The zero-order valence-corrected chi connectivity index (χ0v) is 20.3. The number of hydrogen-bond donors (Lipinski definition) is 3. The fourth-order valence-electron chi connectivity index (χ4n) is 3.24. The third-order valence-electron chi connectivity index (χ3n) is 5.25. The average Bonchev–Trinajstić information content (AvgIpc) is 2.74. The number of benzene rings is 1. The number of ether oxygens (including phenoxy) is 2. The van der Waals surface area contributed by atoms with Crippen LogP contribution in [0.1, 0.15) is 65.9 Å². The van der Waals surface area contributed by atoms with Gasteiger partial charge in [-0.05, 0) is 46.1 Å². The van der Waals surface area contributed by atoms with Gasteiger partial charge in [0.25, 0.3) is 0 Å². The summed E-state index contributed by atoms with van der Waals surface area (Å²) in [6, 6.07) is 9.07. The minimum Gasteiger partial charge on any atom is -0.478 e. The molecule has 1 aromatic rings. The van der Waals surface area contributed by atoms with E-state index in [-0.39, 0.29) is 19.4 Å². The average molecular weight is 467 g/mol. The summed E-state index contributed by atoms with van der Waals surface area (Å²) in [6.45, 7) is 7.28. The van der Waals surface area contributed by atoms with Crippen molar-refractivity contribution in [3.63, 3.8) is 0 Å². The van der Waals surface area contributed by atoms with Crippen molar-refractivity contribution in [3.05, 3.63) is 35.9 Å². The monoisotopic (exact) mass is 466 g/mol. The molecule has 0 radical (unpaired) electrons. The number of rotatable bonds is 12. The minimum atomic E-state index is -2.72. The van der Waals surface area contributed by atoms with Crippen LogP contribution >= 0.6 is 0 Å². The number of carboxylic acid groups (broad SMARTS) is 1. The molecule has 0 saturated heterocycles. The van der Waals surface area contributed by atoms with Gasteiger partial charge in [0.1, 0.15) is 11.2 Å². The van der Waals surface area contributed by atoms with Crippen molar-refractivity contribution in [2.45, 2.75) is 83.6 Å². The Kier molecular flexibility index (Phi) is 10.5. The predicted molar refractivity (Wildman–Crippen MR) is 123 cm³/mol. The molecule has 186 valence electrons. The quantitative estimate of drug-likeness (QED) is 0.315. The normalized spacial score (nSPS) is 15.2. The lowest BCUT2D eigenvalue weighted by Crippen LogP contribution is -2.77. The molecule has 0 bridgehead atoms. The summed E-state index contributed by atoms with van der Waals surface area (Å²) < 4.78 is 11.1. The van der Waals surface area contributed by atoms with Gasteiger partial charge in [0.15, 0.2) is 0 Å².